The van der Waals surface area contributed by atoms with E-state index < -0.39 is 5.56 Å². The molecule has 2 heterocycles. The quantitative estimate of drug-likeness (QED) is 0.438. The average Bonchev–Trinajstić information content (AvgIpc) is 3.14. The Labute approximate surface area is 170 Å². The summed E-state index contributed by atoms with van der Waals surface area (Å²) in [5.74, 6) is 1.23. The Balaban J connectivity index is 1.77. The molecule has 2 aromatic heterocycles. The Kier molecular flexibility index (Phi) is 4.72. The summed E-state index contributed by atoms with van der Waals surface area (Å²) in [4.78, 5) is 15.2. The molecule has 5 heteroatoms. The first-order valence-corrected chi connectivity index (χ1v) is 9.45. The van der Waals surface area contributed by atoms with Crippen molar-refractivity contribution in [3.05, 3.63) is 92.9 Å². The number of hydrogen-bond acceptors (Lipinski definition) is 3. The Hall–Kier alpha value is -3.36. The lowest BCUT2D eigenvalue weighted by Crippen LogP contribution is -2.12. The maximum atomic E-state index is 12.4. The zero-order chi connectivity index (χ0) is 19.7. The molecule has 0 saturated carbocycles. The molecule has 0 aliphatic carbocycles. The van der Waals surface area contributed by atoms with Gasteiger partial charge in [-0.1, -0.05) is 52.3 Å². The molecule has 136 valence electrons. The number of aromatic nitrogens is 1. The first-order chi connectivity index (χ1) is 13.5. The summed E-state index contributed by atoms with van der Waals surface area (Å²) in [6.07, 6.45) is 0. The normalized spacial score (nSPS) is 10.6. The molecule has 0 saturated heterocycles. The standard InChI is InChI=1S/C23H15BrN2O2/c1-14-2-11-22(28-14)19-12-21(26-23(27)20(19)13-25)17-5-3-15(4-6-17)16-7-9-18(24)10-8-16/h2-12H,1H3,(H,26,27). The molecule has 0 bridgehead atoms. The van der Waals surface area contributed by atoms with E-state index in [0.717, 1.165) is 26.9 Å². The fourth-order valence-electron chi connectivity index (χ4n) is 3.08. The largest absolute Gasteiger partial charge is 0.461 e. The molecule has 4 aromatic rings. The van der Waals surface area contributed by atoms with Crippen molar-refractivity contribution in [1.29, 1.82) is 5.26 Å². The van der Waals surface area contributed by atoms with Crippen molar-refractivity contribution in [2.75, 3.05) is 0 Å². The Morgan fingerprint density at radius 3 is 2.11 bits per heavy atom. The van der Waals surface area contributed by atoms with Gasteiger partial charge in [0.2, 0.25) is 0 Å². The number of nitrogens with zero attached hydrogens (tertiary/aromatic N) is 1. The lowest BCUT2D eigenvalue weighted by atomic mass is 10.0. The van der Waals surface area contributed by atoms with Gasteiger partial charge in [-0.3, -0.25) is 4.79 Å². The molecule has 4 nitrogen and oxygen atoms in total. The second kappa shape index (κ2) is 7.34. The molecule has 1 N–H and O–H groups in total. The Morgan fingerprint density at radius 2 is 1.54 bits per heavy atom. The van der Waals surface area contributed by atoms with E-state index in [-0.39, 0.29) is 5.56 Å². The van der Waals surface area contributed by atoms with Crippen LogP contribution in [-0.4, -0.2) is 4.98 Å². The van der Waals surface area contributed by atoms with Crippen LogP contribution in [0.5, 0.6) is 0 Å². The van der Waals surface area contributed by atoms with Crippen LogP contribution in [0, 0.1) is 18.3 Å². The number of pyridine rings is 1. The van der Waals surface area contributed by atoms with Crippen LogP contribution in [0.15, 0.2) is 80.4 Å². The van der Waals surface area contributed by atoms with Crippen molar-refractivity contribution < 1.29 is 4.42 Å². The van der Waals surface area contributed by atoms with E-state index in [0.29, 0.717) is 17.0 Å². The smallest absolute Gasteiger partial charge is 0.267 e. The van der Waals surface area contributed by atoms with E-state index in [1.807, 2.05) is 67.6 Å². The number of H-pyrrole nitrogens is 1. The number of benzene rings is 2. The molecule has 0 fully saturated rings. The van der Waals surface area contributed by atoms with Crippen LogP contribution in [0.4, 0.5) is 0 Å². The fourth-order valence-corrected chi connectivity index (χ4v) is 3.35. The Morgan fingerprint density at radius 1 is 0.929 bits per heavy atom. The number of aryl methyl sites for hydroxylation is 1. The highest BCUT2D eigenvalue weighted by Gasteiger charge is 2.15. The lowest BCUT2D eigenvalue weighted by Gasteiger charge is -2.08. The van der Waals surface area contributed by atoms with Crippen LogP contribution in [0.1, 0.15) is 11.3 Å². The highest BCUT2D eigenvalue weighted by atomic mass is 79.9. The van der Waals surface area contributed by atoms with Crippen molar-refractivity contribution >= 4 is 15.9 Å². The molecule has 0 amide bonds. The molecule has 0 radical (unpaired) electrons. The molecular formula is C23H15BrN2O2. The predicted octanol–water partition coefficient (Wildman–Crippen LogP) is 5.91. The van der Waals surface area contributed by atoms with Gasteiger partial charge in [-0.25, -0.2) is 0 Å². The summed E-state index contributed by atoms with van der Waals surface area (Å²) < 4.78 is 6.67. The van der Waals surface area contributed by atoms with Crippen molar-refractivity contribution in [1.82, 2.24) is 4.98 Å². The van der Waals surface area contributed by atoms with Crippen molar-refractivity contribution in [3.63, 3.8) is 0 Å². The van der Waals surface area contributed by atoms with Gasteiger partial charge < -0.3 is 9.40 Å². The van der Waals surface area contributed by atoms with E-state index in [4.69, 9.17) is 4.42 Å². The second-order valence-electron chi connectivity index (χ2n) is 6.41. The number of halogens is 1. The van der Waals surface area contributed by atoms with Gasteiger partial charge >= 0.3 is 0 Å². The molecule has 28 heavy (non-hydrogen) atoms. The maximum Gasteiger partial charge on any atom is 0.267 e. The van der Waals surface area contributed by atoms with Crippen LogP contribution in [0.2, 0.25) is 0 Å². The monoisotopic (exact) mass is 430 g/mol. The minimum atomic E-state index is -0.430. The zero-order valence-electron chi connectivity index (χ0n) is 15.0. The molecule has 0 spiro atoms. The van der Waals surface area contributed by atoms with Gasteiger partial charge in [0, 0.05) is 15.7 Å². The molecular weight excluding hydrogens is 416 g/mol. The van der Waals surface area contributed by atoms with Crippen LogP contribution >= 0.6 is 15.9 Å². The first-order valence-electron chi connectivity index (χ1n) is 8.66. The van der Waals surface area contributed by atoms with E-state index >= 15 is 0 Å². The number of aromatic amines is 1. The average molecular weight is 431 g/mol. The third-order valence-electron chi connectivity index (χ3n) is 4.52. The van der Waals surface area contributed by atoms with Crippen molar-refractivity contribution in [3.8, 4) is 39.8 Å². The van der Waals surface area contributed by atoms with E-state index in [2.05, 4.69) is 20.9 Å². The first kappa shape index (κ1) is 18.0. The van der Waals surface area contributed by atoms with Crippen LogP contribution in [0.25, 0.3) is 33.7 Å². The maximum absolute atomic E-state index is 12.4. The third-order valence-corrected chi connectivity index (χ3v) is 5.05. The Bertz CT molecular complexity index is 1240. The predicted molar refractivity (Wildman–Crippen MR) is 113 cm³/mol. The van der Waals surface area contributed by atoms with Gasteiger partial charge in [-0.15, -0.1) is 0 Å². The summed E-state index contributed by atoms with van der Waals surface area (Å²) in [5, 5.41) is 9.40. The molecule has 2 aromatic carbocycles. The van der Waals surface area contributed by atoms with Crippen molar-refractivity contribution in [2.45, 2.75) is 6.92 Å². The summed E-state index contributed by atoms with van der Waals surface area (Å²) in [6.45, 7) is 1.82. The molecule has 0 unspecified atom stereocenters. The third kappa shape index (κ3) is 3.42. The lowest BCUT2D eigenvalue weighted by molar-refractivity contribution is 0.548. The number of nitrogens with one attached hydrogen (secondary N) is 1. The minimum absolute atomic E-state index is 0.0459. The van der Waals surface area contributed by atoms with E-state index in [9.17, 15) is 10.1 Å². The number of hydrogen-bond donors (Lipinski definition) is 1. The van der Waals surface area contributed by atoms with E-state index in [1.165, 1.54) is 0 Å². The highest BCUT2D eigenvalue weighted by molar-refractivity contribution is 9.10. The van der Waals surface area contributed by atoms with E-state index in [1.54, 1.807) is 12.1 Å². The summed E-state index contributed by atoms with van der Waals surface area (Å²) in [5.41, 5.74) is 3.78. The van der Waals surface area contributed by atoms with Crippen LogP contribution < -0.4 is 5.56 Å². The minimum Gasteiger partial charge on any atom is -0.461 e. The topological polar surface area (TPSA) is 69.8 Å². The van der Waals surface area contributed by atoms with Crippen molar-refractivity contribution in [2.24, 2.45) is 0 Å². The fraction of sp³-hybridized carbons (Fsp3) is 0.0435. The second-order valence-corrected chi connectivity index (χ2v) is 7.32. The van der Waals surface area contributed by atoms with Crippen LogP contribution in [0.3, 0.4) is 0 Å². The van der Waals surface area contributed by atoms with Gasteiger partial charge in [-0.2, -0.15) is 5.26 Å². The summed E-state index contributed by atoms with van der Waals surface area (Å²) in [7, 11) is 0. The number of furan rings is 1. The van der Waals surface area contributed by atoms with Gasteiger partial charge in [0.05, 0.1) is 0 Å². The number of nitriles is 1. The SMILES string of the molecule is Cc1ccc(-c2cc(-c3ccc(-c4ccc(Br)cc4)cc3)[nH]c(=O)c2C#N)o1. The van der Waals surface area contributed by atoms with Gasteiger partial charge in [-0.05, 0) is 53.9 Å². The van der Waals surface area contributed by atoms with Crippen LogP contribution in [-0.2, 0) is 0 Å². The zero-order valence-corrected chi connectivity index (χ0v) is 16.6. The van der Waals surface area contributed by atoms with Gasteiger partial charge in [0.1, 0.15) is 23.2 Å². The van der Waals surface area contributed by atoms with Gasteiger partial charge in [0.15, 0.2) is 0 Å². The molecule has 4 rings (SSSR count). The molecule has 0 aliphatic rings. The number of rotatable bonds is 3. The van der Waals surface area contributed by atoms with Gasteiger partial charge in [0.25, 0.3) is 5.56 Å². The molecule has 0 aliphatic heterocycles. The summed E-state index contributed by atoms with van der Waals surface area (Å²) in [6, 6.07) is 23.3. The molecule has 0 atom stereocenters. The summed E-state index contributed by atoms with van der Waals surface area (Å²) >= 11 is 3.44. The highest BCUT2D eigenvalue weighted by Crippen LogP contribution is 2.29.